The molecule has 0 fully saturated rings. The van der Waals surface area contributed by atoms with Gasteiger partial charge in [0.05, 0.1) is 6.61 Å². The molecule has 2 aromatic carbocycles. The Labute approximate surface area is 115 Å². The number of carbonyl (C=O) groups is 1. The molecule has 1 amide bonds. The molecule has 6 heteroatoms. The molecule has 0 bridgehead atoms. The summed E-state index contributed by atoms with van der Waals surface area (Å²) in [7, 11) is -0.994. The molecule has 4 nitrogen and oxygen atoms in total. The number of anilines is 1. The molecule has 0 atom stereocenters. The van der Waals surface area contributed by atoms with Crippen molar-refractivity contribution in [2.45, 2.75) is 6.61 Å². The summed E-state index contributed by atoms with van der Waals surface area (Å²) in [6.45, 7) is 0.336. The lowest BCUT2D eigenvalue weighted by molar-refractivity contribution is 0.102. The van der Waals surface area contributed by atoms with E-state index in [1.54, 1.807) is 24.3 Å². The van der Waals surface area contributed by atoms with E-state index >= 15 is 0 Å². The third-order valence-corrected chi connectivity index (χ3v) is 3.15. The summed E-state index contributed by atoms with van der Waals surface area (Å²) in [5.74, 6) is -0.780. The second-order valence-electron chi connectivity index (χ2n) is 4.54. The Balaban J connectivity index is 1.83. The maximum atomic E-state index is 13.1. The molecule has 0 unspecified atom stereocenters. The third-order valence-electron chi connectivity index (χ3n) is 3.15. The van der Waals surface area contributed by atoms with Gasteiger partial charge in [0, 0.05) is 11.3 Å². The maximum absolute atomic E-state index is 13.1. The van der Waals surface area contributed by atoms with Gasteiger partial charge < -0.3 is 15.0 Å². The number of halogens is 1. The SMILES string of the molecule is O=C(Nc1cccc(F)c1)c1ccc2c(c1)B(O)OC2. The minimum Gasteiger partial charge on any atom is -0.423 e. The van der Waals surface area contributed by atoms with Crippen LogP contribution in [0.1, 0.15) is 15.9 Å². The molecule has 1 aliphatic rings. The highest BCUT2D eigenvalue weighted by atomic mass is 19.1. The fourth-order valence-electron chi connectivity index (χ4n) is 2.13. The number of hydrogen-bond donors (Lipinski definition) is 2. The molecule has 0 saturated carbocycles. The van der Waals surface area contributed by atoms with Crippen molar-refractivity contribution in [1.29, 1.82) is 0 Å². The number of nitrogens with one attached hydrogen (secondary N) is 1. The molecule has 2 N–H and O–H groups in total. The van der Waals surface area contributed by atoms with Crippen LogP contribution in [0.3, 0.4) is 0 Å². The Hall–Kier alpha value is -2.18. The van der Waals surface area contributed by atoms with E-state index in [9.17, 15) is 14.2 Å². The molecule has 2 aromatic rings. The van der Waals surface area contributed by atoms with Crippen LogP contribution in [0.5, 0.6) is 0 Å². The van der Waals surface area contributed by atoms with Crippen molar-refractivity contribution in [1.82, 2.24) is 0 Å². The molecular formula is C14H11BFNO3. The highest BCUT2D eigenvalue weighted by Crippen LogP contribution is 2.14. The van der Waals surface area contributed by atoms with Crippen LogP contribution < -0.4 is 10.8 Å². The van der Waals surface area contributed by atoms with Crippen molar-refractivity contribution in [2.24, 2.45) is 0 Å². The van der Waals surface area contributed by atoms with Gasteiger partial charge in [-0.15, -0.1) is 0 Å². The first-order valence-electron chi connectivity index (χ1n) is 6.13. The van der Waals surface area contributed by atoms with Crippen LogP contribution in [0.15, 0.2) is 42.5 Å². The van der Waals surface area contributed by atoms with Crippen LogP contribution in [0.25, 0.3) is 0 Å². The molecule has 1 aliphatic heterocycles. The van der Waals surface area contributed by atoms with E-state index in [-0.39, 0.29) is 5.91 Å². The van der Waals surface area contributed by atoms with E-state index in [0.29, 0.717) is 23.3 Å². The quantitative estimate of drug-likeness (QED) is 0.809. The number of amides is 1. The van der Waals surface area contributed by atoms with Gasteiger partial charge >= 0.3 is 7.12 Å². The summed E-state index contributed by atoms with van der Waals surface area (Å²) < 4.78 is 18.1. The maximum Gasteiger partial charge on any atom is 0.491 e. The zero-order valence-electron chi connectivity index (χ0n) is 10.5. The topological polar surface area (TPSA) is 58.6 Å². The van der Waals surface area contributed by atoms with Crippen molar-refractivity contribution in [3.8, 4) is 0 Å². The molecule has 20 heavy (non-hydrogen) atoms. The molecule has 0 spiro atoms. The van der Waals surface area contributed by atoms with Gasteiger partial charge in [0.2, 0.25) is 0 Å². The molecule has 0 aliphatic carbocycles. The van der Waals surface area contributed by atoms with E-state index in [2.05, 4.69) is 5.32 Å². The Morgan fingerprint density at radius 1 is 1.30 bits per heavy atom. The summed E-state index contributed by atoms with van der Waals surface area (Å²) >= 11 is 0. The molecule has 100 valence electrons. The van der Waals surface area contributed by atoms with Crippen LogP contribution >= 0.6 is 0 Å². The fourth-order valence-corrected chi connectivity index (χ4v) is 2.13. The Morgan fingerprint density at radius 3 is 2.95 bits per heavy atom. The Kier molecular flexibility index (Phi) is 3.26. The van der Waals surface area contributed by atoms with Crippen LogP contribution in [0, 0.1) is 5.82 Å². The average molecular weight is 271 g/mol. The van der Waals surface area contributed by atoms with Crippen molar-refractivity contribution in [2.75, 3.05) is 5.32 Å². The fraction of sp³-hybridized carbons (Fsp3) is 0.0714. The highest BCUT2D eigenvalue weighted by Gasteiger charge is 2.27. The summed E-state index contributed by atoms with van der Waals surface area (Å²) in [4.78, 5) is 12.1. The monoisotopic (exact) mass is 271 g/mol. The van der Waals surface area contributed by atoms with Crippen LogP contribution in [0.4, 0.5) is 10.1 Å². The minimum atomic E-state index is -0.994. The molecular weight excluding hydrogens is 260 g/mol. The van der Waals surface area contributed by atoms with Crippen LogP contribution in [0.2, 0.25) is 0 Å². The lowest BCUT2D eigenvalue weighted by Gasteiger charge is -2.07. The van der Waals surface area contributed by atoms with Gasteiger partial charge in [0.1, 0.15) is 5.82 Å². The van der Waals surface area contributed by atoms with Gasteiger partial charge in [0.25, 0.3) is 5.91 Å². The lowest BCUT2D eigenvalue weighted by Crippen LogP contribution is -2.29. The molecule has 1 heterocycles. The summed E-state index contributed by atoms with van der Waals surface area (Å²) in [6, 6.07) is 10.6. The van der Waals surface area contributed by atoms with Gasteiger partial charge in [0.15, 0.2) is 0 Å². The van der Waals surface area contributed by atoms with E-state index in [4.69, 9.17) is 4.65 Å². The lowest BCUT2D eigenvalue weighted by atomic mass is 9.79. The number of carbonyl (C=O) groups excluding carboxylic acids is 1. The van der Waals surface area contributed by atoms with Gasteiger partial charge in [-0.05, 0) is 41.4 Å². The number of rotatable bonds is 2. The van der Waals surface area contributed by atoms with Crippen molar-refractivity contribution >= 4 is 24.2 Å². The number of benzene rings is 2. The first-order chi connectivity index (χ1) is 9.63. The molecule has 3 rings (SSSR count). The van der Waals surface area contributed by atoms with Crippen LogP contribution in [-0.4, -0.2) is 18.0 Å². The first kappa shape index (κ1) is 12.8. The second-order valence-corrected chi connectivity index (χ2v) is 4.54. The van der Waals surface area contributed by atoms with E-state index in [0.717, 1.165) is 5.56 Å². The summed E-state index contributed by atoms with van der Waals surface area (Å²) in [6.07, 6.45) is 0. The van der Waals surface area contributed by atoms with Gasteiger partial charge in [-0.25, -0.2) is 4.39 Å². The van der Waals surface area contributed by atoms with Gasteiger partial charge in [-0.1, -0.05) is 12.1 Å². The second kappa shape index (κ2) is 5.07. The van der Waals surface area contributed by atoms with Crippen LogP contribution in [-0.2, 0) is 11.3 Å². The van der Waals surface area contributed by atoms with Gasteiger partial charge in [-0.3, -0.25) is 4.79 Å². The smallest absolute Gasteiger partial charge is 0.423 e. The zero-order valence-corrected chi connectivity index (χ0v) is 10.5. The zero-order chi connectivity index (χ0) is 14.1. The van der Waals surface area contributed by atoms with E-state index in [1.807, 2.05) is 0 Å². The number of hydrogen-bond acceptors (Lipinski definition) is 3. The standard InChI is InChI=1S/C14H11BFNO3/c16-11-2-1-3-12(7-11)17-14(18)9-4-5-10-8-20-15(19)13(10)6-9/h1-7,19H,8H2,(H,17,18). The van der Waals surface area contributed by atoms with Crippen molar-refractivity contribution in [3.05, 3.63) is 59.4 Å². The summed E-state index contributed by atoms with van der Waals surface area (Å²) in [5, 5.41) is 12.2. The van der Waals surface area contributed by atoms with Gasteiger partial charge in [-0.2, -0.15) is 0 Å². The van der Waals surface area contributed by atoms with E-state index in [1.165, 1.54) is 18.2 Å². The predicted octanol–water partition coefficient (Wildman–Crippen LogP) is 1.30. The van der Waals surface area contributed by atoms with E-state index < -0.39 is 12.9 Å². The largest absolute Gasteiger partial charge is 0.491 e. The summed E-state index contributed by atoms with van der Waals surface area (Å²) in [5.41, 5.74) is 2.22. The van der Waals surface area contributed by atoms with Crippen molar-refractivity contribution < 1.29 is 18.9 Å². The Morgan fingerprint density at radius 2 is 2.15 bits per heavy atom. The Bertz CT molecular complexity index is 677. The third kappa shape index (κ3) is 2.43. The van der Waals surface area contributed by atoms with Crippen molar-refractivity contribution in [3.63, 3.8) is 0 Å². The average Bonchev–Trinajstić information content (AvgIpc) is 2.80. The molecule has 0 radical (unpaired) electrons. The molecule has 0 saturated heterocycles. The first-order valence-corrected chi connectivity index (χ1v) is 6.13. The minimum absolute atomic E-state index is 0.336. The highest BCUT2D eigenvalue weighted by molar-refractivity contribution is 6.61. The number of fused-ring (bicyclic) bond motifs is 1. The predicted molar refractivity (Wildman–Crippen MR) is 73.2 cm³/mol. The normalized spacial score (nSPS) is 13.2. The molecule has 0 aromatic heterocycles.